The van der Waals surface area contributed by atoms with Crippen LogP contribution in [0.4, 0.5) is 0 Å². The average molecular weight is 159 g/mol. The van der Waals surface area contributed by atoms with Gasteiger partial charge in [-0.1, -0.05) is 41.5 Å². The van der Waals surface area contributed by atoms with Gasteiger partial charge in [-0.3, -0.25) is 0 Å². The van der Waals surface area contributed by atoms with E-state index in [1.807, 2.05) is 27.7 Å². The molecule has 0 unspecified atom stereocenters. The van der Waals surface area contributed by atoms with E-state index in [4.69, 9.17) is 0 Å². The predicted molar refractivity (Wildman–Crippen MR) is 54.0 cm³/mol. The summed E-state index contributed by atoms with van der Waals surface area (Å²) in [4.78, 5) is 2.45. The third-order valence-electron chi connectivity index (χ3n) is 1.59. The van der Waals surface area contributed by atoms with Gasteiger partial charge in [0.25, 0.3) is 0 Å². The molecule has 1 nitrogen and oxygen atoms in total. The van der Waals surface area contributed by atoms with Crippen molar-refractivity contribution in [3.05, 3.63) is 0 Å². The summed E-state index contributed by atoms with van der Waals surface area (Å²) in [6.07, 6.45) is 0. The van der Waals surface area contributed by atoms with E-state index in [0.717, 1.165) is 5.92 Å². The summed E-state index contributed by atoms with van der Waals surface area (Å²) in [5.74, 6) is 0.972. The van der Waals surface area contributed by atoms with Crippen LogP contribution in [0.3, 0.4) is 0 Å². The van der Waals surface area contributed by atoms with Gasteiger partial charge < -0.3 is 4.90 Å². The predicted octanol–water partition coefficient (Wildman–Crippen LogP) is 3.01. The van der Waals surface area contributed by atoms with Gasteiger partial charge in [-0.15, -0.1) is 0 Å². The molecule has 0 radical (unpaired) electrons. The largest absolute Gasteiger partial charge is 0.303 e. The van der Waals surface area contributed by atoms with Crippen molar-refractivity contribution in [1.82, 2.24) is 4.90 Å². The van der Waals surface area contributed by atoms with Crippen LogP contribution in [-0.4, -0.2) is 24.5 Å². The van der Waals surface area contributed by atoms with Crippen LogP contribution in [0.1, 0.15) is 41.5 Å². The second-order valence-electron chi connectivity index (χ2n) is 2.46. The minimum atomic E-state index is 0.972. The normalized spacial score (nSPS) is 16.9. The van der Waals surface area contributed by atoms with Crippen molar-refractivity contribution < 1.29 is 0 Å². The Hall–Kier alpha value is -0.0400. The van der Waals surface area contributed by atoms with Gasteiger partial charge in [0.1, 0.15) is 0 Å². The first-order chi connectivity index (χ1) is 5.33. The molecular formula is C10H25N. The number of hydrogen-bond donors (Lipinski definition) is 0. The van der Waals surface area contributed by atoms with E-state index in [2.05, 4.69) is 18.7 Å². The van der Waals surface area contributed by atoms with Gasteiger partial charge in [-0.2, -0.15) is 0 Å². The zero-order chi connectivity index (χ0) is 9.28. The zero-order valence-corrected chi connectivity index (χ0v) is 9.15. The topological polar surface area (TPSA) is 3.24 Å². The van der Waals surface area contributed by atoms with E-state index < -0.39 is 0 Å². The van der Waals surface area contributed by atoms with Crippen LogP contribution in [-0.2, 0) is 0 Å². The smallest absolute Gasteiger partial charge is 0.00192 e. The maximum Gasteiger partial charge on any atom is 0.00192 e. The van der Waals surface area contributed by atoms with Crippen molar-refractivity contribution in [2.45, 2.75) is 41.5 Å². The van der Waals surface area contributed by atoms with Crippen molar-refractivity contribution in [1.29, 1.82) is 0 Å². The fraction of sp³-hybridized carbons (Fsp3) is 1.00. The first kappa shape index (κ1) is 13.5. The molecule has 11 heavy (non-hydrogen) atoms. The third kappa shape index (κ3) is 6.36. The molecule has 0 aromatic carbocycles. The van der Waals surface area contributed by atoms with E-state index in [1.165, 1.54) is 19.6 Å². The highest BCUT2D eigenvalue weighted by Crippen LogP contribution is 2.11. The molecule has 0 atom stereocenters. The molecule has 70 valence electrons. The van der Waals surface area contributed by atoms with Crippen LogP contribution in [0.15, 0.2) is 0 Å². The average Bonchev–Trinajstić information content (AvgIpc) is 2.06. The van der Waals surface area contributed by atoms with Crippen molar-refractivity contribution in [3.63, 3.8) is 0 Å². The van der Waals surface area contributed by atoms with E-state index >= 15 is 0 Å². The Morgan fingerprint density at radius 2 is 1.45 bits per heavy atom. The summed E-state index contributed by atoms with van der Waals surface area (Å²) in [6, 6.07) is 0. The van der Waals surface area contributed by atoms with Crippen molar-refractivity contribution in [3.8, 4) is 0 Å². The highest BCUT2D eigenvalue weighted by Gasteiger charge is 2.19. The molecule has 1 heteroatoms. The molecule has 1 aliphatic rings. The standard InChI is InChI=1S/C6H13N.2C2H6/c1-3-7-4-6(2)5-7;2*1-2/h6H,3-5H2,1-2H3;2*1-2H3. The molecule has 0 aliphatic carbocycles. The Kier molecular flexibility index (Phi) is 12.3. The van der Waals surface area contributed by atoms with Gasteiger partial charge in [0.05, 0.1) is 0 Å². The summed E-state index contributed by atoms with van der Waals surface area (Å²) in [5.41, 5.74) is 0. The van der Waals surface area contributed by atoms with Crippen LogP contribution in [0.5, 0.6) is 0 Å². The van der Waals surface area contributed by atoms with Gasteiger partial charge in [-0.05, 0) is 12.5 Å². The van der Waals surface area contributed by atoms with E-state index in [9.17, 15) is 0 Å². The lowest BCUT2D eigenvalue weighted by Gasteiger charge is -2.35. The second kappa shape index (κ2) is 9.96. The first-order valence-corrected chi connectivity index (χ1v) is 5.05. The van der Waals surface area contributed by atoms with Crippen LogP contribution in [0.25, 0.3) is 0 Å². The zero-order valence-electron chi connectivity index (χ0n) is 9.15. The lowest BCUT2D eigenvalue weighted by atomic mass is 10.0. The molecule has 0 bridgehead atoms. The quantitative estimate of drug-likeness (QED) is 0.568. The maximum atomic E-state index is 2.45. The Labute approximate surface area is 72.8 Å². The number of rotatable bonds is 1. The number of hydrogen-bond acceptors (Lipinski definition) is 1. The minimum Gasteiger partial charge on any atom is -0.303 e. The fourth-order valence-electron chi connectivity index (χ4n) is 1.09. The fourth-order valence-corrected chi connectivity index (χ4v) is 1.09. The Morgan fingerprint density at radius 1 is 1.09 bits per heavy atom. The van der Waals surface area contributed by atoms with E-state index in [0.29, 0.717) is 0 Å². The van der Waals surface area contributed by atoms with Crippen molar-refractivity contribution >= 4 is 0 Å². The SMILES string of the molecule is CC.CC.CCN1CC(C)C1. The second-order valence-corrected chi connectivity index (χ2v) is 2.46. The lowest BCUT2D eigenvalue weighted by Crippen LogP contribution is -2.44. The molecular weight excluding hydrogens is 134 g/mol. The Morgan fingerprint density at radius 3 is 1.55 bits per heavy atom. The molecule has 0 saturated carbocycles. The van der Waals surface area contributed by atoms with E-state index in [1.54, 1.807) is 0 Å². The number of likely N-dealkylation sites (tertiary alicyclic amines) is 1. The summed E-state index contributed by atoms with van der Waals surface area (Å²) in [5, 5.41) is 0. The van der Waals surface area contributed by atoms with Crippen LogP contribution < -0.4 is 0 Å². The van der Waals surface area contributed by atoms with Gasteiger partial charge in [-0.25, -0.2) is 0 Å². The monoisotopic (exact) mass is 159 g/mol. The van der Waals surface area contributed by atoms with Crippen molar-refractivity contribution in [2.75, 3.05) is 19.6 Å². The molecule has 1 fully saturated rings. The van der Waals surface area contributed by atoms with Gasteiger partial charge in [0, 0.05) is 13.1 Å². The van der Waals surface area contributed by atoms with Gasteiger partial charge >= 0.3 is 0 Å². The number of nitrogens with zero attached hydrogens (tertiary/aromatic N) is 1. The van der Waals surface area contributed by atoms with Gasteiger partial charge in [0.2, 0.25) is 0 Å². The summed E-state index contributed by atoms with van der Waals surface area (Å²) in [7, 11) is 0. The maximum absolute atomic E-state index is 2.45. The molecule has 0 N–H and O–H groups in total. The summed E-state index contributed by atoms with van der Waals surface area (Å²) in [6.45, 7) is 16.4. The Bertz CT molecular complexity index is 55.9. The highest BCUT2D eigenvalue weighted by molar-refractivity contribution is 4.73. The first-order valence-electron chi connectivity index (χ1n) is 5.05. The summed E-state index contributed by atoms with van der Waals surface area (Å²) < 4.78 is 0. The minimum absolute atomic E-state index is 0.972. The molecule has 0 spiro atoms. The van der Waals surface area contributed by atoms with Crippen LogP contribution in [0.2, 0.25) is 0 Å². The lowest BCUT2D eigenvalue weighted by molar-refractivity contribution is 0.121. The molecule has 1 heterocycles. The molecule has 0 amide bonds. The molecule has 1 saturated heterocycles. The summed E-state index contributed by atoms with van der Waals surface area (Å²) >= 11 is 0. The molecule has 0 aromatic heterocycles. The third-order valence-corrected chi connectivity index (χ3v) is 1.59. The van der Waals surface area contributed by atoms with E-state index in [-0.39, 0.29) is 0 Å². The van der Waals surface area contributed by atoms with Crippen LogP contribution >= 0.6 is 0 Å². The Balaban J connectivity index is 0. The molecule has 0 aromatic rings. The molecule has 1 aliphatic heterocycles. The van der Waals surface area contributed by atoms with Crippen LogP contribution in [0, 0.1) is 5.92 Å². The van der Waals surface area contributed by atoms with Gasteiger partial charge in [0.15, 0.2) is 0 Å². The van der Waals surface area contributed by atoms with Crippen molar-refractivity contribution in [2.24, 2.45) is 5.92 Å². The molecule has 1 rings (SSSR count). The highest BCUT2D eigenvalue weighted by atomic mass is 15.2.